The van der Waals surface area contributed by atoms with Gasteiger partial charge in [0.05, 0.1) is 11.7 Å². The monoisotopic (exact) mass is 428 g/mol. The molecule has 5 aliphatic rings. The molecule has 2 bridgehead atoms. The lowest BCUT2D eigenvalue weighted by atomic mass is 9.68. The largest absolute Gasteiger partial charge is 0.330 e. The molecule has 7 rings (SSSR count). The summed E-state index contributed by atoms with van der Waals surface area (Å²) in [5, 5.41) is 7.82. The highest BCUT2D eigenvalue weighted by Gasteiger charge is 2.47. The lowest BCUT2D eigenvalue weighted by Gasteiger charge is -2.54. The maximum absolute atomic E-state index is 14.0. The third kappa shape index (κ3) is 2.79. The molecular formula is C27H32N4O. The Bertz CT molecular complexity index is 1100. The van der Waals surface area contributed by atoms with Gasteiger partial charge in [0, 0.05) is 30.3 Å². The summed E-state index contributed by atoms with van der Waals surface area (Å²) in [7, 11) is 0. The topological polar surface area (TPSA) is 52.2 Å². The highest BCUT2D eigenvalue weighted by molar-refractivity contribution is 5.96. The number of aromatic nitrogens is 2. The van der Waals surface area contributed by atoms with Crippen LogP contribution in [0.2, 0.25) is 0 Å². The molecule has 1 N–H and O–H groups in total. The molecule has 4 heterocycles. The fourth-order valence-corrected chi connectivity index (χ4v) is 7.58. The van der Waals surface area contributed by atoms with Gasteiger partial charge in [0.25, 0.3) is 5.91 Å². The molecule has 32 heavy (non-hydrogen) atoms. The number of piperidine rings is 3. The highest BCUT2D eigenvalue weighted by Crippen LogP contribution is 2.45. The summed E-state index contributed by atoms with van der Waals surface area (Å²) in [6, 6.07) is 9.52. The van der Waals surface area contributed by atoms with Crippen molar-refractivity contribution in [3.63, 3.8) is 0 Å². The Morgan fingerprint density at radius 1 is 1.06 bits per heavy atom. The zero-order valence-corrected chi connectivity index (χ0v) is 18.7. The van der Waals surface area contributed by atoms with E-state index in [-0.39, 0.29) is 11.9 Å². The maximum Gasteiger partial charge on any atom is 0.272 e. The van der Waals surface area contributed by atoms with Crippen LogP contribution >= 0.6 is 0 Å². The molecule has 2 aliphatic carbocycles. The van der Waals surface area contributed by atoms with E-state index in [0.29, 0.717) is 11.8 Å². The molecule has 5 nitrogen and oxygen atoms in total. The van der Waals surface area contributed by atoms with Gasteiger partial charge in [-0.1, -0.05) is 42.3 Å². The van der Waals surface area contributed by atoms with Crippen molar-refractivity contribution in [1.82, 2.24) is 20.0 Å². The van der Waals surface area contributed by atoms with Gasteiger partial charge in [0.15, 0.2) is 0 Å². The number of carbonyl (C=O) groups is 1. The molecule has 0 unspecified atom stereocenters. The second-order valence-electron chi connectivity index (χ2n) is 10.6. The maximum atomic E-state index is 14.0. The Balaban J connectivity index is 1.23. The summed E-state index contributed by atoms with van der Waals surface area (Å²) in [5.74, 6) is 1.46. The molecule has 1 aromatic carbocycles. The molecule has 3 aliphatic heterocycles. The number of fused-ring (bicyclic) bond motifs is 9. The average molecular weight is 429 g/mol. The summed E-state index contributed by atoms with van der Waals surface area (Å²) in [6.07, 6.45) is 12.1. The second-order valence-corrected chi connectivity index (χ2v) is 10.6. The van der Waals surface area contributed by atoms with Crippen LogP contribution in [0.4, 0.5) is 0 Å². The number of aryl methyl sites for hydroxylation is 1. The van der Waals surface area contributed by atoms with Crippen molar-refractivity contribution in [2.75, 3.05) is 19.6 Å². The molecule has 1 aromatic heterocycles. The van der Waals surface area contributed by atoms with Crippen LogP contribution in [0, 0.1) is 11.8 Å². The number of likely N-dealkylation sites (tertiary alicyclic amines) is 1. The number of rotatable bonds is 1. The summed E-state index contributed by atoms with van der Waals surface area (Å²) < 4.78 is 0. The van der Waals surface area contributed by atoms with Gasteiger partial charge in [-0.15, -0.1) is 0 Å². The number of H-pyrrole nitrogens is 1. The van der Waals surface area contributed by atoms with E-state index in [2.05, 4.69) is 50.3 Å². The summed E-state index contributed by atoms with van der Waals surface area (Å²) in [4.78, 5) is 18.9. The molecule has 3 fully saturated rings. The minimum atomic E-state index is 0.174. The van der Waals surface area contributed by atoms with E-state index >= 15 is 0 Å². The molecule has 0 radical (unpaired) electrons. The van der Waals surface area contributed by atoms with Gasteiger partial charge in [-0.05, 0) is 68.9 Å². The predicted molar refractivity (Wildman–Crippen MR) is 124 cm³/mol. The van der Waals surface area contributed by atoms with Crippen LogP contribution in [0.5, 0.6) is 0 Å². The molecule has 0 spiro atoms. The van der Waals surface area contributed by atoms with Crippen molar-refractivity contribution in [3.8, 4) is 11.3 Å². The number of aromatic amines is 1. The third-order valence-corrected chi connectivity index (χ3v) is 8.92. The standard InChI is InChI=1S/C27H32N4O/c32-27(25-22-11-10-17-6-1-2-8-21(17)24(22)28-29-25)31-13-5-7-18-14-19-15-20(26(18)31)16-30-12-4-3-9-23(19)30/h1-2,6,8,14,19-20,23,26H,3-5,7,9-13,15-16H2,(H,28,29)/t19-,20+,23-,26-/m0/s1. The van der Waals surface area contributed by atoms with Crippen molar-refractivity contribution < 1.29 is 4.79 Å². The zero-order valence-electron chi connectivity index (χ0n) is 18.7. The number of amides is 1. The number of hydrogen-bond acceptors (Lipinski definition) is 3. The van der Waals surface area contributed by atoms with Crippen LogP contribution in [0.1, 0.15) is 60.1 Å². The summed E-state index contributed by atoms with van der Waals surface area (Å²) >= 11 is 0. The quantitative estimate of drug-likeness (QED) is 0.693. The molecule has 3 saturated heterocycles. The molecule has 4 atom stereocenters. The van der Waals surface area contributed by atoms with E-state index in [1.54, 1.807) is 5.57 Å². The van der Waals surface area contributed by atoms with Crippen molar-refractivity contribution >= 4 is 5.91 Å². The fourth-order valence-electron chi connectivity index (χ4n) is 7.58. The van der Waals surface area contributed by atoms with Crippen LogP contribution < -0.4 is 0 Å². The summed E-state index contributed by atoms with van der Waals surface area (Å²) in [6.45, 7) is 3.28. The van der Waals surface area contributed by atoms with E-state index in [1.165, 1.54) is 56.3 Å². The Morgan fingerprint density at radius 3 is 2.97 bits per heavy atom. The van der Waals surface area contributed by atoms with Crippen LogP contribution in [-0.4, -0.2) is 57.6 Å². The van der Waals surface area contributed by atoms with E-state index in [4.69, 9.17) is 0 Å². The van der Waals surface area contributed by atoms with E-state index in [0.717, 1.165) is 48.8 Å². The van der Waals surface area contributed by atoms with Crippen LogP contribution in [0.15, 0.2) is 35.9 Å². The van der Waals surface area contributed by atoms with Crippen molar-refractivity contribution in [3.05, 3.63) is 52.7 Å². The van der Waals surface area contributed by atoms with Crippen LogP contribution in [0.25, 0.3) is 11.3 Å². The predicted octanol–water partition coefficient (Wildman–Crippen LogP) is 4.21. The smallest absolute Gasteiger partial charge is 0.272 e. The first kappa shape index (κ1) is 19.1. The molecule has 0 saturated carbocycles. The number of benzene rings is 1. The number of nitrogens with zero attached hydrogens (tertiary/aromatic N) is 3. The van der Waals surface area contributed by atoms with Gasteiger partial charge in [-0.2, -0.15) is 5.10 Å². The lowest BCUT2D eigenvalue weighted by molar-refractivity contribution is 0.00128. The normalized spacial score (nSPS) is 31.1. The van der Waals surface area contributed by atoms with Crippen molar-refractivity contribution in [2.45, 2.75) is 63.5 Å². The highest BCUT2D eigenvalue weighted by atomic mass is 16.2. The van der Waals surface area contributed by atoms with Gasteiger partial charge >= 0.3 is 0 Å². The van der Waals surface area contributed by atoms with Gasteiger partial charge in [-0.25, -0.2) is 0 Å². The number of hydrogen-bond donors (Lipinski definition) is 1. The third-order valence-electron chi connectivity index (χ3n) is 8.92. The first-order valence-corrected chi connectivity index (χ1v) is 12.7. The molecule has 2 aromatic rings. The lowest BCUT2D eigenvalue weighted by Crippen LogP contribution is -2.60. The van der Waals surface area contributed by atoms with Crippen molar-refractivity contribution in [2.24, 2.45) is 11.8 Å². The molecule has 5 heteroatoms. The Hall–Kier alpha value is -2.40. The molecule has 1 amide bonds. The van der Waals surface area contributed by atoms with Gasteiger partial charge in [-0.3, -0.25) is 14.8 Å². The SMILES string of the molecule is O=C(c1[nH]nc2c1CCc1ccccc1-2)N1CCCC2=C[C@H]3C[C@H](CN4CCCC[C@@H]34)[C@H]21. The zero-order chi connectivity index (χ0) is 21.2. The van der Waals surface area contributed by atoms with Crippen molar-refractivity contribution in [1.29, 1.82) is 0 Å². The first-order chi connectivity index (χ1) is 15.8. The number of nitrogens with one attached hydrogen (secondary N) is 1. The van der Waals surface area contributed by atoms with E-state index < -0.39 is 0 Å². The van der Waals surface area contributed by atoms with Gasteiger partial charge in [0.2, 0.25) is 0 Å². The first-order valence-electron chi connectivity index (χ1n) is 12.7. The molecule has 166 valence electrons. The Morgan fingerprint density at radius 2 is 2.00 bits per heavy atom. The van der Waals surface area contributed by atoms with Crippen LogP contribution in [-0.2, 0) is 12.8 Å². The Labute approximate surface area is 189 Å². The minimum absolute atomic E-state index is 0.174. The average Bonchev–Trinajstić information content (AvgIpc) is 3.28. The molecular weight excluding hydrogens is 396 g/mol. The van der Waals surface area contributed by atoms with Crippen LogP contribution in [0.3, 0.4) is 0 Å². The van der Waals surface area contributed by atoms with E-state index in [1.807, 2.05) is 0 Å². The number of carbonyl (C=O) groups excluding carboxylic acids is 1. The van der Waals surface area contributed by atoms with Gasteiger partial charge in [0.1, 0.15) is 5.69 Å². The second kappa shape index (κ2) is 7.31. The fraction of sp³-hybridized carbons (Fsp3) is 0.556. The Kier molecular flexibility index (Phi) is 4.36. The minimum Gasteiger partial charge on any atom is -0.330 e. The van der Waals surface area contributed by atoms with E-state index in [9.17, 15) is 4.79 Å². The summed E-state index contributed by atoms with van der Waals surface area (Å²) in [5.41, 5.74) is 6.93. The van der Waals surface area contributed by atoms with Gasteiger partial charge < -0.3 is 4.90 Å².